The molecule has 1 aliphatic rings. The molecule has 0 saturated carbocycles. The molecule has 3 aromatic carbocycles. The molecule has 0 bridgehead atoms. The molecule has 174 valence electrons. The van der Waals surface area contributed by atoms with E-state index in [1.54, 1.807) is 18.2 Å². The molecule has 0 aromatic heterocycles. The van der Waals surface area contributed by atoms with Crippen molar-refractivity contribution in [1.82, 2.24) is 0 Å². The molecule has 4 N–H and O–H groups in total. The van der Waals surface area contributed by atoms with E-state index in [9.17, 15) is 27.6 Å². The average Bonchev–Trinajstić information content (AvgIpc) is 2.80. The Hall–Kier alpha value is -4.14. The molecule has 0 saturated heterocycles. The summed E-state index contributed by atoms with van der Waals surface area (Å²) in [6, 6.07) is 16.7. The number of amides is 3. The van der Waals surface area contributed by atoms with Crippen molar-refractivity contribution in [3.8, 4) is 0 Å². The molecule has 3 aromatic rings. The summed E-state index contributed by atoms with van der Waals surface area (Å²) in [5, 5.41) is 1.64. The van der Waals surface area contributed by atoms with Crippen LogP contribution in [0.5, 0.6) is 0 Å². The molecule has 1 heterocycles. The summed E-state index contributed by atoms with van der Waals surface area (Å²) in [7, 11) is 0. The van der Waals surface area contributed by atoms with Gasteiger partial charge in [-0.3, -0.25) is 19.3 Å². The Kier molecular flexibility index (Phi) is 5.64. The smallest absolute Gasteiger partial charge is 0.369 e. The van der Waals surface area contributed by atoms with Gasteiger partial charge in [0.05, 0.1) is 5.56 Å². The zero-order valence-electron chi connectivity index (χ0n) is 17.8. The van der Waals surface area contributed by atoms with Crippen LogP contribution in [-0.2, 0) is 27.0 Å². The highest BCUT2D eigenvalue weighted by Gasteiger charge is 2.51. The number of fused-ring (bicyclic) bond motifs is 1. The number of alkyl halides is 3. The zero-order chi connectivity index (χ0) is 24.7. The van der Waals surface area contributed by atoms with Crippen LogP contribution < -0.4 is 16.4 Å². The van der Waals surface area contributed by atoms with E-state index in [0.717, 1.165) is 40.1 Å². The van der Waals surface area contributed by atoms with Gasteiger partial charge in [0.1, 0.15) is 5.41 Å². The number of hydrogen-bond acceptors (Lipinski definition) is 3. The second kappa shape index (κ2) is 8.33. The van der Waals surface area contributed by atoms with Crippen LogP contribution in [0.2, 0.25) is 0 Å². The maximum absolute atomic E-state index is 13.7. The predicted molar refractivity (Wildman–Crippen MR) is 120 cm³/mol. The maximum Gasteiger partial charge on any atom is 0.416 e. The Morgan fingerprint density at radius 2 is 1.65 bits per heavy atom. The van der Waals surface area contributed by atoms with Crippen LogP contribution in [0.25, 0.3) is 10.8 Å². The van der Waals surface area contributed by atoms with Crippen molar-refractivity contribution in [3.63, 3.8) is 0 Å². The minimum atomic E-state index is -4.66. The fourth-order valence-electron chi connectivity index (χ4n) is 4.26. The van der Waals surface area contributed by atoms with Crippen LogP contribution in [0, 0.1) is 5.41 Å². The minimum Gasteiger partial charge on any atom is -0.369 e. The molecule has 0 spiro atoms. The van der Waals surface area contributed by atoms with Crippen molar-refractivity contribution in [3.05, 3.63) is 89.6 Å². The highest BCUT2D eigenvalue weighted by Crippen LogP contribution is 2.41. The van der Waals surface area contributed by atoms with Gasteiger partial charge in [-0.2, -0.15) is 13.2 Å². The third-order valence-electron chi connectivity index (χ3n) is 6.02. The van der Waals surface area contributed by atoms with Gasteiger partial charge in [-0.05, 0) is 41.0 Å². The largest absolute Gasteiger partial charge is 0.416 e. The molecule has 0 aliphatic carbocycles. The molecule has 9 heteroatoms. The molecular formula is C25H20F3N3O3. The third kappa shape index (κ3) is 4.00. The Labute approximate surface area is 192 Å². The highest BCUT2D eigenvalue weighted by atomic mass is 19.4. The fraction of sp³-hybridized carbons (Fsp3) is 0.160. The Balaban J connectivity index is 1.87. The molecule has 1 unspecified atom stereocenters. The van der Waals surface area contributed by atoms with Crippen molar-refractivity contribution in [1.29, 1.82) is 0 Å². The van der Waals surface area contributed by atoms with Crippen molar-refractivity contribution in [2.24, 2.45) is 16.9 Å². The number of nitrogens with zero attached hydrogens (tertiary/aromatic N) is 1. The first-order valence-corrected chi connectivity index (χ1v) is 10.3. The number of primary amides is 2. The first-order valence-electron chi connectivity index (χ1n) is 10.3. The van der Waals surface area contributed by atoms with E-state index in [2.05, 4.69) is 0 Å². The number of nitrogens with two attached hydrogens (primary N) is 2. The standard InChI is InChI=1S/C25H20F3N3O3/c26-25(27,28)18-8-4-9-19(11-18)31-14-17(21(29)32)13-24(22(30)33,23(31)34)12-16-7-3-6-15-5-1-2-10-20(15)16/h1-11,14H,12-13H2,(H2,29,32)(H2,30,33). The van der Waals surface area contributed by atoms with Gasteiger partial charge in [0.2, 0.25) is 17.7 Å². The Morgan fingerprint density at radius 1 is 0.971 bits per heavy atom. The predicted octanol–water partition coefficient (Wildman–Crippen LogP) is 3.68. The van der Waals surface area contributed by atoms with Crippen molar-refractivity contribution < 1.29 is 27.6 Å². The van der Waals surface area contributed by atoms with Crippen LogP contribution >= 0.6 is 0 Å². The topological polar surface area (TPSA) is 106 Å². The van der Waals surface area contributed by atoms with E-state index < -0.39 is 34.9 Å². The van der Waals surface area contributed by atoms with Gasteiger partial charge in [0.25, 0.3) is 0 Å². The summed E-state index contributed by atoms with van der Waals surface area (Å²) in [5.74, 6) is -2.75. The van der Waals surface area contributed by atoms with Crippen LogP contribution in [0.15, 0.2) is 78.5 Å². The van der Waals surface area contributed by atoms with Gasteiger partial charge in [0.15, 0.2) is 0 Å². The zero-order valence-corrected chi connectivity index (χ0v) is 17.8. The number of benzene rings is 3. The highest BCUT2D eigenvalue weighted by molar-refractivity contribution is 6.15. The Bertz CT molecular complexity index is 1340. The molecule has 6 nitrogen and oxygen atoms in total. The summed E-state index contributed by atoms with van der Waals surface area (Å²) < 4.78 is 39.9. The summed E-state index contributed by atoms with van der Waals surface area (Å²) in [6.45, 7) is 0. The molecule has 3 amide bonds. The first-order chi connectivity index (χ1) is 16.0. The first kappa shape index (κ1) is 23.0. The molecule has 1 aliphatic heterocycles. The maximum atomic E-state index is 13.7. The van der Waals surface area contributed by atoms with Crippen LogP contribution in [0.4, 0.5) is 18.9 Å². The van der Waals surface area contributed by atoms with Crippen molar-refractivity contribution >= 4 is 34.2 Å². The van der Waals surface area contributed by atoms with E-state index >= 15 is 0 Å². The number of halogens is 3. The van der Waals surface area contributed by atoms with E-state index in [4.69, 9.17) is 11.5 Å². The molecule has 0 radical (unpaired) electrons. The van der Waals surface area contributed by atoms with E-state index in [-0.39, 0.29) is 24.1 Å². The lowest BCUT2D eigenvalue weighted by Crippen LogP contribution is -2.55. The van der Waals surface area contributed by atoms with Gasteiger partial charge in [-0.1, -0.05) is 48.5 Å². The molecule has 34 heavy (non-hydrogen) atoms. The third-order valence-corrected chi connectivity index (χ3v) is 6.02. The van der Waals surface area contributed by atoms with Gasteiger partial charge >= 0.3 is 6.18 Å². The van der Waals surface area contributed by atoms with Crippen LogP contribution in [0.3, 0.4) is 0 Å². The Morgan fingerprint density at radius 3 is 2.32 bits per heavy atom. The van der Waals surface area contributed by atoms with E-state index in [1.807, 2.05) is 24.3 Å². The van der Waals surface area contributed by atoms with Crippen LogP contribution in [0.1, 0.15) is 17.5 Å². The van der Waals surface area contributed by atoms with Gasteiger partial charge in [-0.25, -0.2) is 0 Å². The lowest BCUT2D eigenvalue weighted by atomic mass is 9.72. The van der Waals surface area contributed by atoms with E-state index in [0.29, 0.717) is 5.56 Å². The van der Waals surface area contributed by atoms with E-state index in [1.165, 1.54) is 6.07 Å². The average molecular weight is 467 g/mol. The van der Waals surface area contributed by atoms with Crippen LogP contribution in [-0.4, -0.2) is 17.7 Å². The summed E-state index contributed by atoms with van der Waals surface area (Å²) in [4.78, 5) is 39.5. The second-order valence-corrected chi connectivity index (χ2v) is 8.18. The van der Waals surface area contributed by atoms with Gasteiger partial charge in [0, 0.05) is 23.9 Å². The monoisotopic (exact) mass is 467 g/mol. The lowest BCUT2D eigenvalue weighted by molar-refractivity contribution is -0.141. The second-order valence-electron chi connectivity index (χ2n) is 8.18. The number of carbonyl (C=O) groups is 3. The summed E-state index contributed by atoms with van der Waals surface area (Å²) in [6.07, 6.45) is -4.11. The quantitative estimate of drug-likeness (QED) is 0.559. The fourth-order valence-corrected chi connectivity index (χ4v) is 4.26. The molecule has 0 fully saturated rings. The molecule has 4 rings (SSSR count). The number of hydrogen-bond donors (Lipinski definition) is 2. The van der Waals surface area contributed by atoms with Gasteiger partial charge < -0.3 is 11.5 Å². The number of anilines is 1. The lowest BCUT2D eigenvalue weighted by Gasteiger charge is -2.38. The van der Waals surface area contributed by atoms with Crippen molar-refractivity contribution in [2.45, 2.75) is 19.0 Å². The summed E-state index contributed by atoms with van der Waals surface area (Å²) >= 11 is 0. The van der Waals surface area contributed by atoms with Crippen molar-refractivity contribution in [2.75, 3.05) is 4.90 Å². The SMILES string of the molecule is NC(=O)C1=CN(c2cccc(C(F)(F)F)c2)C(=O)C(Cc2cccc3ccccc23)(C(N)=O)C1. The minimum absolute atomic E-state index is 0.101. The number of rotatable bonds is 5. The summed E-state index contributed by atoms with van der Waals surface area (Å²) in [5.41, 5.74) is 8.66. The van der Waals surface area contributed by atoms with Gasteiger partial charge in [-0.15, -0.1) is 0 Å². The molecule has 1 atom stereocenters. The normalized spacial score (nSPS) is 18.6. The molecular weight excluding hydrogens is 447 g/mol. The number of carbonyl (C=O) groups excluding carboxylic acids is 3.